The molecule has 0 saturated carbocycles. The van der Waals surface area contributed by atoms with Crippen LogP contribution >= 0.6 is 11.6 Å². The third-order valence-electron chi connectivity index (χ3n) is 4.63. The van der Waals surface area contributed by atoms with E-state index in [0.717, 1.165) is 5.56 Å². The van der Waals surface area contributed by atoms with E-state index in [0.29, 0.717) is 29.2 Å². The van der Waals surface area contributed by atoms with Crippen LogP contribution in [0.3, 0.4) is 0 Å². The molecule has 0 radical (unpaired) electrons. The van der Waals surface area contributed by atoms with Crippen molar-refractivity contribution in [1.29, 1.82) is 0 Å². The van der Waals surface area contributed by atoms with Crippen LogP contribution in [0.15, 0.2) is 42.5 Å². The minimum absolute atomic E-state index is 0.0168. The molecule has 0 aromatic heterocycles. The van der Waals surface area contributed by atoms with Gasteiger partial charge in [-0.15, -0.1) is 0 Å². The highest BCUT2D eigenvalue weighted by molar-refractivity contribution is 7.92. The van der Waals surface area contributed by atoms with E-state index < -0.39 is 10.0 Å². The molecule has 0 spiro atoms. The summed E-state index contributed by atoms with van der Waals surface area (Å²) in [6, 6.07) is 13.2. The monoisotopic (exact) mass is 422 g/mol. The van der Waals surface area contributed by atoms with Crippen molar-refractivity contribution in [2.45, 2.75) is 33.2 Å². The van der Waals surface area contributed by atoms with Crippen molar-refractivity contribution in [2.24, 2.45) is 0 Å². The van der Waals surface area contributed by atoms with Gasteiger partial charge in [0.2, 0.25) is 15.9 Å². The van der Waals surface area contributed by atoms with E-state index in [4.69, 9.17) is 11.6 Å². The first-order valence-corrected chi connectivity index (χ1v) is 11.3. The molecule has 5 nitrogen and oxygen atoms in total. The summed E-state index contributed by atoms with van der Waals surface area (Å²) in [7, 11) is -1.72. The molecule has 0 saturated heterocycles. The van der Waals surface area contributed by atoms with Crippen molar-refractivity contribution in [3.63, 3.8) is 0 Å². The molecule has 0 heterocycles. The number of hydrogen-bond acceptors (Lipinski definition) is 3. The van der Waals surface area contributed by atoms with Crippen LogP contribution in [0.2, 0.25) is 5.02 Å². The lowest BCUT2D eigenvalue weighted by atomic mass is 10.1. The summed E-state index contributed by atoms with van der Waals surface area (Å²) in [5.41, 5.74) is 3.50. The van der Waals surface area contributed by atoms with Crippen molar-refractivity contribution in [1.82, 2.24) is 4.90 Å². The average molecular weight is 423 g/mol. The zero-order valence-corrected chi connectivity index (χ0v) is 18.3. The van der Waals surface area contributed by atoms with Gasteiger partial charge in [-0.2, -0.15) is 0 Å². The molecule has 1 amide bonds. The van der Waals surface area contributed by atoms with Crippen LogP contribution in [0.25, 0.3) is 0 Å². The second kappa shape index (κ2) is 9.43. The minimum atomic E-state index is -3.48. The molecule has 2 aromatic carbocycles. The Hall–Kier alpha value is -2.05. The predicted molar refractivity (Wildman–Crippen MR) is 115 cm³/mol. The van der Waals surface area contributed by atoms with Gasteiger partial charge in [0, 0.05) is 31.6 Å². The molecule has 152 valence electrons. The number of carbonyl (C=O) groups is 1. The standard InChI is InChI=1S/C21H27ClN2O3S/c1-16-10-12-18(13-11-16)15-23(3)21(25)9-6-14-24(28(4,26)27)20-8-5-7-19(22)17(20)2/h5,7-8,10-13H,6,9,14-15H2,1-4H3. The Labute approximate surface area is 173 Å². The lowest BCUT2D eigenvalue weighted by Gasteiger charge is -2.25. The molecule has 2 rings (SSSR count). The van der Waals surface area contributed by atoms with E-state index in [1.165, 1.54) is 16.1 Å². The summed E-state index contributed by atoms with van der Waals surface area (Å²) in [5.74, 6) is -0.0168. The fourth-order valence-corrected chi connectivity index (χ4v) is 4.14. The van der Waals surface area contributed by atoms with Gasteiger partial charge in [-0.05, 0) is 43.5 Å². The van der Waals surface area contributed by atoms with Crippen molar-refractivity contribution in [3.8, 4) is 0 Å². The zero-order chi connectivity index (χ0) is 20.9. The highest BCUT2D eigenvalue weighted by Crippen LogP contribution is 2.28. The molecule has 0 fully saturated rings. The van der Waals surface area contributed by atoms with Crippen LogP contribution in [0, 0.1) is 13.8 Å². The number of nitrogens with zero attached hydrogens (tertiary/aromatic N) is 2. The van der Waals surface area contributed by atoms with E-state index in [2.05, 4.69) is 0 Å². The summed E-state index contributed by atoms with van der Waals surface area (Å²) in [6.45, 7) is 4.57. The quantitative estimate of drug-likeness (QED) is 0.641. The smallest absolute Gasteiger partial charge is 0.232 e. The van der Waals surface area contributed by atoms with Gasteiger partial charge >= 0.3 is 0 Å². The van der Waals surface area contributed by atoms with Crippen LogP contribution in [-0.4, -0.2) is 39.1 Å². The first-order valence-electron chi connectivity index (χ1n) is 9.12. The normalized spacial score (nSPS) is 11.3. The number of anilines is 1. The molecule has 2 aromatic rings. The maximum absolute atomic E-state index is 12.4. The fourth-order valence-electron chi connectivity index (χ4n) is 2.95. The van der Waals surface area contributed by atoms with Gasteiger partial charge in [0.05, 0.1) is 11.9 Å². The predicted octanol–water partition coefficient (Wildman–Crippen LogP) is 4.16. The number of halogens is 1. The van der Waals surface area contributed by atoms with Gasteiger partial charge in [0.1, 0.15) is 0 Å². The van der Waals surface area contributed by atoms with Crippen molar-refractivity contribution in [2.75, 3.05) is 24.2 Å². The van der Waals surface area contributed by atoms with Crippen LogP contribution in [0.1, 0.15) is 29.5 Å². The van der Waals surface area contributed by atoms with Crippen LogP contribution < -0.4 is 4.31 Å². The molecule has 7 heteroatoms. The molecule has 0 aliphatic carbocycles. The van der Waals surface area contributed by atoms with Gasteiger partial charge in [0.15, 0.2) is 0 Å². The molecular formula is C21H27ClN2O3S. The Morgan fingerprint density at radius 1 is 1.07 bits per heavy atom. The van der Waals surface area contributed by atoms with Crippen molar-refractivity contribution in [3.05, 3.63) is 64.2 Å². The molecule has 0 atom stereocenters. The Morgan fingerprint density at radius 2 is 1.71 bits per heavy atom. The van der Waals surface area contributed by atoms with Crippen LogP contribution in [0.5, 0.6) is 0 Å². The van der Waals surface area contributed by atoms with Crippen LogP contribution in [0.4, 0.5) is 5.69 Å². The lowest BCUT2D eigenvalue weighted by Crippen LogP contribution is -2.33. The molecule has 0 aliphatic rings. The number of rotatable bonds is 8. The Morgan fingerprint density at radius 3 is 2.32 bits per heavy atom. The Bertz CT molecular complexity index is 927. The number of aryl methyl sites for hydroxylation is 1. The number of sulfonamides is 1. The molecule has 0 bridgehead atoms. The zero-order valence-electron chi connectivity index (χ0n) is 16.8. The largest absolute Gasteiger partial charge is 0.341 e. The number of carbonyl (C=O) groups excluding carboxylic acids is 1. The number of amides is 1. The summed E-state index contributed by atoms with van der Waals surface area (Å²) in [4.78, 5) is 14.1. The molecule has 28 heavy (non-hydrogen) atoms. The molecule has 0 unspecified atom stereocenters. The Balaban J connectivity index is 1.99. The molecule has 0 aliphatic heterocycles. The van der Waals surface area contributed by atoms with Gasteiger partial charge in [-0.3, -0.25) is 9.10 Å². The van der Waals surface area contributed by atoms with E-state index >= 15 is 0 Å². The van der Waals surface area contributed by atoms with Gasteiger partial charge in [-0.1, -0.05) is 47.5 Å². The van der Waals surface area contributed by atoms with Gasteiger partial charge in [-0.25, -0.2) is 8.42 Å². The summed E-state index contributed by atoms with van der Waals surface area (Å²) < 4.78 is 25.8. The maximum atomic E-state index is 12.4. The second-order valence-electron chi connectivity index (χ2n) is 7.06. The summed E-state index contributed by atoms with van der Waals surface area (Å²) in [5, 5.41) is 0.514. The maximum Gasteiger partial charge on any atom is 0.232 e. The summed E-state index contributed by atoms with van der Waals surface area (Å²) in [6.07, 6.45) is 1.86. The third kappa shape index (κ3) is 5.97. The lowest BCUT2D eigenvalue weighted by molar-refractivity contribution is -0.130. The van der Waals surface area contributed by atoms with Crippen molar-refractivity contribution >= 4 is 33.2 Å². The van der Waals surface area contributed by atoms with Gasteiger partial charge < -0.3 is 4.90 Å². The van der Waals surface area contributed by atoms with E-state index in [-0.39, 0.29) is 18.9 Å². The third-order valence-corrected chi connectivity index (χ3v) is 6.22. The molecule has 0 N–H and O–H groups in total. The van der Waals surface area contributed by atoms with Crippen molar-refractivity contribution < 1.29 is 13.2 Å². The first-order chi connectivity index (χ1) is 13.1. The minimum Gasteiger partial charge on any atom is -0.341 e. The van der Waals surface area contributed by atoms with E-state index in [1.54, 1.807) is 37.1 Å². The summed E-state index contributed by atoms with van der Waals surface area (Å²) >= 11 is 6.14. The number of hydrogen-bond donors (Lipinski definition) is 0. The Kier molecular flexibility index (Phi) is 7.49. The SMILES string of the molecule is Cc1ccc(CN(C)C(=O)CCCN(c2cccc(Cl)c2C)S(C)(=O)=O)cc1. The second-order valence-corrected chi connectivity index (χ2v) is 9.37. The topological polar surface area (TPSA) is 57.7 Å². The average Bonchev–Trinajstić information content (AvgIpc) is 2.62. The number of benzene rings is 2. The van der Waals surface area contributed by atoms with Gasteiger partial charge in [0.25, 0.3) is 0 Å². The fraction of sp³-hybridized carbons (Fsp3) is 0.381. The molecular weight excluding hydrogens is 396 g/mol. The van der Waals surface area contributed by atoms with Crippen LogP contribution in [-0.2, 0) is 21.4 Å². The highest BCUT2D eigenvalue weighted by atomic mass is 35.5. The highest BCUT2D eigenvalue weighted by Gasteiger charge is 2.20. The van der Waals surface area contributed by atoms with E-state index in [1.807, 2.05) is 31.2 Å². The first kappa shape index (κ1) is 22.2. The van der Waals surface area contributed by atoms with E-state index in [9.17, 15) is 13.2 Å².